The minimum Gasteiger partial charge on any atom is -0.480 e. The molecule has 4 heteroatoms. The first-order chi connectivity index (χ1) is 14.1. The van der Waals surface area contributed by atoms with Crippen LogP contribution in [0.15, 0.2) is 71.2 Å². The van der Waals surface area contributed by atoms with E-state index < -0.39 is 6.10 Å². The number of benzene rings is 3. The zero-order valence-corrected chi connectivity index (χ0v) is 17.4. The first-order valence-corrected chi connectivity index (χ1v) is 10.6. The van der Waals surface area contributed by atoms with Crippen molar-refractivity contribution < 1.29 is 9.53 Å². The van der Waals surface area contributed by atoms with Crippen LogP contribution in [-0.4, -0.2) is 5.78 Å². The molecule has 144 valence electrons. The van der Waals surface area contributed by atoms with Gasteiger partial charge in [-0.1, -0.05) is 60.2 Å². The fourth-order valence-corrected chi connectivity index (χ4v) is 4.31. The number of hydrogen-bond acceptors (Lipinski definition) is 3. The van der Waals surface area contributed by atoms with Crippen molar-refractivity contribution in [3.63, 3.8) is 0 Å². The van der Waals surface area contributed by atoms with E-state index in [9.17, 15) is 4.79 Å². The topological polar surface area (TPSA) is 52.3 Å². The van der Waals surface area contributed by atoms with Gasteiger partial charge in [0.2, 0.25) is 0 Å². The Morgan fingerprint density at radius 1 is 0.931 bits per heavy atom. The number of nitrogens with two attached hydrogens (primary N) is 1. The molecule has 2 aliphatic rings. The highest BCUT2D eigenvalue weighted by Crippen LogP contribution is 2.41. The fraction of sp³-hybridized carbons (Fsp3) is 0.160. The molecule has 3 nitrogen and oxygen atoms in total. The molecule has 3 aromatic rings. The summed E-state index contributed by atoms with van der Waals surface area (Å²) in [5, 5.41) is 2.17. The average Bonchev–Trinajstić information content (AvgIpc) is 2.70. The van der Waals surface area contributed by atoms with E-state index in [0.717, 1.165) is 10.8 Å². The van der Waals surface area contributed by atoms with Gasteiger partial charge in [0.1, 0.15) is 5.75 Å². The molecule has 1 atom stereocenters. The maximum absolute atomic E-state index is 13.6. The Morgan fingerprint density at radius 3 is 2.28 bits per heavy atom. The van der Waals surface area contributed by atoms with Crippen LogP contribution < -0.4 is 20.9 Å². The standard InChI is InChI=1S/C25H20BrNO2/c26-20-13-19-22(14-21(20)27)29-25(18-5-2-1-3-6-18)23(24(19)28)17-11-9-16(10-12-17)15-7-4-8-15/h1-3,5-6,9-14,25H,4,7-8,27H2. The van der Waals surface area contributed by atoms with Gasteiger partial charge in [-0.05, 0) is 57.3 Å². The highest BCUT2D eigenvalue weighted by atomic mass is 79.9. The molecule has 0 aromatic heterocycles. The molecule has 2 N–H and O–H groups in total. The SMILES string of the molecule is Nc1cc2c(cc1Br)C(=O)C(=c1ccc(=C3CCC3)cc1)C(c1ccccc1)O2. The third kappa shape index (κ3) is 3.18. The number of ether oxygens (including phenoxy) is 1. The van der Waals surface area contributed by atoms with E-state index in [1.54, 1.807) is 12.1 Å². The zero-order valence-electron chi connectivity index (χ0n) is 15.8. The van der Waals surface area contributed by atoms with Crippen LogP contribution >= 0.6 is 15.9 Å². The van der Waals surface area contributed by atoms with Crippen molar-refractivity contribution in [2.45, 2.75) is 25.4 Å². The van der Waals surface area contributed by atoms with E-state index in [2.05, 4.69) is 28.1 Å². The van der Waals surface area contributed by atoms with Crippen LogP contribution in [0.4, 0.5) is 5.69 Å². The number of carbonyl (C=O) groups is 1. The Labute approximate surface area is 177 Å². The van der Waals surface area contributed by atoms with Crippen molar-refractivity contribution in [1.82, 2.24) is 0 Å². The average molecular weight is 446 g/mol. The molecule has 1 unspecified atom stereocenters. The third-order valence-corrected chi connectivity index (χ3v) is 6.45. The molecule has 0 saturated heterocycles. The summed E-state index contributed by atoms with van der Waals surface area (Å²) in [5.41, 5.74) is 10.2. The lowest BCUT2D eigenvalue weighted by Gasteiger charge is -2.29. The highest BCUT2D eigenvalue weighted by Gasteiger charge is 2.34. The van der Waals surface area contributed by atoms with Crippen molar-refractivity contribution in [3.8, 4) is 5.75 Å². The molecule has 1 fully saturated rings. The molecule has 29 heavy (non-hydrogen) atoms. The number of hydrogen-bond donors (Lipinski definition) is 1. The van der Waals surface area contributed by atoms with Gasteiger partial charge < -0.3 is 10.5 Å². The second-order valence-electron chi connectivity index (χ2n) is 7.56. The van der Waals surface area contributed by atoms with Crippen LogP contribution in [0, 0.1) is 0 Å². The molecule has 5 rings (SSSR count). The molecular formula is C25H20BrNO2. The smallest absolute Gasteiger partial charge is 0.197 e. The molecule has 1 heterocycles. The van der Waals surface area contributed by atoms with Gasteiger partial charge >= 0.3 is 0 Å². The summed E-state index contributed by atoms with van der Waals surface area (Å²) in [6.07, 6.45) is 3.14. The summed E-state index contributed by atoms with van der Waals surface area (Å²) in [4.78, 5) is 13.6. The number of nitrogen functional groups attached to an aromatic ring is 1. The van der Waals surface area contributed by atoms with Crippen LogP contribution in [0.5, 0.6) is 5.75 Å². The van der Waals surface area contributed by atoms with Crippen molar-refractivity contribution in [2.24, 2.45) is 0 Å². The van der Waals surface area contributed by atoms with Crippen LogP contribution in [0.25, 0.3) is 11.1 Å². The predicted octanol–water partition coefficient (Wildman–Crippen LogP) is 4.53. The summed E-state index contributed by atoms with van der Waals surface area (Å²) in [5.74, 6) is 0.500. The van der Waals surface area contributed by atoms with Crippen LogP contribution in [0.3, 0.4) is 0 Å². The zero-order chi connectivity index (χ0) is 20.0. The Kier molecular flexibility index (Phi) is 4.51. The molecule has 0 spiro atoms. The van der Waals surface area contributed by atoms with Gasteiger partial charge in [0.25, 0.3) is 0 Å². The number of Topliss-reactive ketones (excluding diaryl/α,β-unsaturated/α-hetero) is 1. The Balaban J connectivity index is 1.73. The van der Waals surface area contributed by atoms with Crippen molar-refractivity contribution in [2.75, 3.05) is 5.73 Å². The third-order valence-electron chi connectivity index (χ3n) is 5.76. The first kappa shape index (κ1) is 18.2. The predicted molar refractivity (Wildman–Crippen MR) is 119 cm³/mol. The van der Waals surface area contributed by atoms with Gasteiger partial charge in [-0.3, -0.25) is 4.79 Å². The largest absolute Gasteiger partial charge is 0.480 e. The van der Waals surface area contributed by atoms with Crippen LogP contribution in [0.2, 0.25) is 0 Å². The van der Waals surface area contributed by atoms with Crippen molar-refractivity contribution in [1.29, 1.82) is 0 Å². The van der Waals surface area contributed by atoms with E-state index in [0.29, 0.717) is 27.0 Å². The minimum absolute atomic E-state index is 0.0233. The molecule has 1 saturated carbocycles. The van der Waals surface area contributed by atoms with Gasteiger partial charge in [0.05, 0.1) is 11.1 Å². The number of ketones is 1. The van der Waals surface area contributed by atoms with Gasteiger partial charge in [-0.2, -0.15) is 0 Å². The summed E-state index contributed by atoms with van der Waals surface area (Å²) < 4.78 is 7.03. The molecule has 1 aliphatic heterocycles. The van der Waals surface area contributed by atoms with E-state index in [4.69, 9.17) is 10.5 Å². The van der Waals surface area contributed by atoms with Gasteiger partial charge in [-0.15, -0.1) is 0 Å². The number of halogens is 1. The lowest BCUT2D eigenvalue weighted by atomic mass is 9.88. The monoisotopic (exact) mass is 445 g/mol. The maximum atomic E-state index is 13.6. The fourth-order valence-electron chi connectivity index (χ4n) is 3.97. The molecular weight excluding hydrogens is 426 g/mol. The molecule has 1 aliphatic carbocycles. The summed E-state index contributed by atoms with van der Waals surface area (Å²) in [6.45, 7) is 0. The van der Waals surface area contributed by atoms with E-state index in [-0.39, 0.29) is 5.78 Å². The van der Waals surface area contributed by atoms with Gasteiger partial charge in [-0.25, -0.2) is 0 Å². The van der Waals surface area contributed by atoms with Crippen LogP contribution in [-0.2, 0) is 0 Å². The van der Waals surface area contributed by atoms with E-state index >= 15 is 0 Å². The Morgan fingerprint density at radius 2 is 1.62 bits per heavy atom. The lowest BCUT2D eigenvalue weighted by molar-refractivity contribution is 0.100. The molecule has 0 bridgehead atoms. The molecule has 3 aromatic carbocycles. The van der Waals surface area contributed by atoms with Crippen molar-refractivity contribution >= 4 is 38.5 Å². The summed E-state index contributed by atoms with van der Waals surface area (Å²) in [6, 6.07) is 21.7. The normalized spacial score (nSPS) is 18.1. The number of fused-ring (bicyclic) bond motifs is 1. The molecule has 0 radical (unpaired) electrons. The maximum Gasteiger partial charge on any atom is 0.197 e. The van der Waals surface area contributed by atoms with Gasteiger partial charge in [0, 0.05) is 16.2 Å². The van der Waals surface area contributed by atoms with Gasteiger partial charge in [0.15, 0.2) is 11.9 Å². The second kappa shape index (κ2) is 7.20. The quantitative estimate of drug-likeness (QED) is 0.559. The Hall–Kier alpha value is -2.85. The first-order valence-electron chi connectivity index (χ1n) is 9.79. The highest BCUT2D eigenvalue weighted by molar-refractivity contribution is 9.10. The molecule has 0 amide bonds. The van der Waals surface area contributed by atoms with Crippen LogP contribution in [0.1, 0.15) is 41.3 Å². The summed E-state index contributed by atoms with van der Waals surface area (Å²) in [7, 11) is 0. The number of carbonyl (C=O) groups excluding carboxylic acids is 1. The number of anilines is 1. The Bertz CT molecular complexity index is 1220. The number of rotatable bonds is 1. The summed E-state index contributed by atoms with van der Waals surface area (Å²) >= 11 is 3.43. The lowest BCUT2D eigenvalue weighted by Crippen LogP contribution is -2.29. The second-order valence-corrected chi connectivity index (χ2v) is 8.41. The minimum atomic E-state index is -0.473. The van der Waals surface area contributed by atoms with Crippen molar-refractivity contribution in [3.05, 3.63) is 92.8 Å². The van der Waals surface area contributed by atoms with E-state index in [1.165, 1.54) is 30.1 Å². The van der Waals surface area contributed by atoms with E-state index in [1.807, 2.05) is 42.5 Å².